The van der Waals surface area contributed by atoms with Gasteiger partial charge in [-0.1, -0.05) is 87.4 Å². The second kappa shape index (κ2) is 11.0. The largest absolute Gasteiger partial charge is 0.478 e. The Hall–Kier alpha value is -3.39. The Morgan fingerprint density at radius 1 is 1.09 bits per heavy atom. The molecule has 1 fully saturated rings. The van der Waals surface area contributed by atoms with Gasteiger partial charge < -0.3 is 5.11 Å². The summed E-state index contributed by atoms with van der Waals surface area (Å²) < 4.78 is 1.90. The van der Waals surface area contributed by atoms with Crippen molar-refractivity contribution in [3.8, 4) is 23.0 Å². The van der Waals surface area contributed by atoms with E-state index < -0.39 is 5.97 Å². The molecule has 1 aliphatic carbocycles. The lowest BCUT2D eigenvalue weighted by molar-refractivity contribution is 0.0697. The zero-order chi connectivity index (χ0) is 23.0. The van der Waals surface area contributed by atoms with Gasteiger partial charge in [0.05, 0.1) is 12.1 Å². The molecule has 5 nitrogen and oxygen atoms in total. The summed E-state index contributed by atoms with van der Waals surface area (Å²) in [6, 6.07) is 15.1. The van der Waals surface area contributed by atoms with E-state index in [1.807, 2.05) is 48.0 Å². The first-order chi connectivity index (χ1) is 16.1. The lowest BCUT2D eigenvalue weighted by atomic mass is 9.86. The van der Waals surface area contributed by atoms with Crippen molar-refractivity contribution in [2.24, 2.45) is 5.92 Å². The molecule has 33 heavy (non-hydrogen) atoms. The molecule has 0 amide bonds. The molecule has 0 saturated heterocycles. The van der Waals surface area contributed by atoms with Crippen molar-refractivity contribution < 1.29 is 9.90 Å². The first-order valence-electron chi connectivity index (χ1n) is 12.0. The molecule has 0 radical (unpaired) electrons. The first-order valence-corrected chi connectivity index (χ1v) is 12.0. The molecule has 1 heterocycles. The van der Waals surface area contributed by atoms with Crippen molar-refractivity contribution in [1.82, 2.24) is 14.8 Å². The van der Waals surface area contributed by atoms with Crippen LogP contribution in [0.3, 0.4) is 0 Å². The number of carbonyl (C=O) groups is 1. The Bertz CT molecular complexity index is 1150. The predicted octanol–water partition coefficient (Wildman–Crippen LogP) is 5.97. The van der Waals surface area contributed by atoms with Gasteiger partial charge in [-0.05, 0) is 41.0 Å². The van der Waals surface area contributed by atoms with Gasteiger partial charge in [-0.25, -0.2) is 14.5 Å². The van der Waals surface area contributed by atoms with E-state index >= 15 is 0 Å². The van der Waals surface area contributed by atoms with Gasteiger partial charge >= 0.3 is 5.97 Å². The second-order valence-corrected chi connectivity index (χ2v) is 8.75. The molecular formula is C28H31N3O2. The highest BCUT2D eigenvalue weighted by Crippen LogP contribution is 2.27. The Morgan fingerprint density at radius 2 is 1.85 bits per heavy atom. The number of aromatic carboxylic acids is 1. The quantitative estimate of drug-likeness (QED) is 0.459. The van der Waals surface area contributed by atoms with Gasteiger partial charge in [0.25, 0.3) is 0 Å². The van der Waals surface area contributed by atoms with Crippen LogP contribution in [-0.2, 0) is 13.0 Å². The van der Waals surface area contributed by atoms with E-state index in [1.165, 1.54) is 32.1 Å². The Balaban J connectivity index is 1.50. The van der Waals surface area contributed by atoms with Crippen molar-refractivity contribution in [3.63, 3.8) is 0 Å². The molecule has 1 aliphatic rings. The zero-order valence-corrected chi connectivity index (χ0v) is 19.3. The van der Waals surface area contributed by atoms with E-state index in [0.717, 1.165) is 53.5 Å². The lowest BCUT2D eigenvalue weighted by Crippen LogP contribution is -2.08. The van der Waals surface area contributed by atoms with Gasteiger partial charge in [0.2, 0.25) is 5.82 Å². The third-order valence-electron chi connectivity index (χ3n) is 6.35. The Labute approximate surface area is 195 Å². The van der Waals surface area contributed by atoms with Crippen molar-refractivity contribution in [2.75, 3.05) is 0 Å². The van der Waals surface area contributed by atoms with Gasteiger partial charge in [-0.2, -0.15) is 5.10 Å². The number of carboxylic acid groups (broad SMARTS) is 1. The highest BCUT2D eigenvalue weighted by atomic mass is 16.4. The molecule has 1 N–H and O–H groups in total. The van der Waals surface area contributed by atoms with Crippen molar-refractivity contribution >= 4 is 5.97 Å². The first kappa shape index (κ1) is 22.8. The molecule has 0 unspecified atom stereocenters. The fourth-order valence-electron chi connectivity index (χ4n) is 4.56. The number of aromatic nitrogens is 3. The molecule has 5 heteroatoms. The summed E-state index contributed by atoms with van der Waals surface area (Å²) in [6.07, 6.45) is 9.59. The average Bonchev–Trinajstić information content (AvgIpc) is 3.24. The average molecular weight is 442 g/mol. The highest BCUT2D eigenvalue weighted by Gasteiger charge is 2.16. The van der Waals surface area contributed by atoms with Crippen LogP contribution in [0.5, 0.6) is 0 Å². The van der Waals surface area contributed by atoms with Crippen LogP contribution in [0.4, 0.5) is 0 Å². The van der Waals surface area contributed by atoms with E-state index in [-0.39, 0.29) is 0 Å². The summed E-state index contributed by atoms with van der Waals surface area (Å²) in [4.78, 5) is 16.3. The lowest BCUT2D eigenvalue weighted by Gasteiger charge is -2.20. The summed E-state index contributed by atoms with van der Waals surface area (Å²) in [7, 11) is 0. The van der Waals surface area contributed by atoms with E-state index in [9.17, 15) is 9.90 Å². The minimum absolute atomic E-state index is 0.307. The highest BCUT2D eigenvalue weighted by molar-refractivity contribution is 5.95. The second-order valence-electron chi connectivity index (χ2n) is 8.75. The Morgan fingerprint density at radius 3 is 2.58 bits per heavy atom. The van der Waals surface area contributed by atoms with Gasteiger partial charge in [-0.3, -0.25) is 0 Å². The SMILES string of the molecule is CCC#Cc1nc(CCC2CCCCC2)nn1Cc1ccc(-c2ccccc2C(=O)O)cc1. The Kier molecular flexibility index (Phi) is 7.57. The normalized spacial score (nSPS) is 14.0. The molecule has 0 aliphatic heterocycles. The van der Waals surface area contributed by atoms with Crippen LogP contribution in [0.25, 0.3) is 11.1 Å². The van der Waals surface area contributed by atoms with Crippen LogP contribution in [-0.4, -0.2) is 25.8 Å². The fraction of sp³-hybridized carbons (Fsp3) is 0.393. The van der Waals surface area contributed by atoms with Crippen LogP contribution in [0.15, 0.2) is 48.5 Å². The van der Waals surface area contributed by atoms with E-state index in [2.05, 4.69) is 11.8 Å². The molecule has 1 aromatic heterocycles. The van der Waals surface area contributed by atoms with Gasteiger partial charge in [0.15, 0.2) is 5.82 Å². The maximum atomic E-state index is 11.6. The maximum absolute atomic E-state index is 11.6. The van der Waals surface area contributed by atoms with Gasteiger partial charge in [-0.15, -0.1) is 0 Å². The van der Waals surface area contributed by atoms with Crippen molar-refractivity contribution in [1.29, 1.82) is 0 Å². The third-order valence-corrected chi connectivity index (χ3v) is 6.35. The van der Waals surface area contributed by atoms with Crippen LogP contribution < -0.4 is 0 Å². The fourth-order valence-corrected chi connectivity index (χ4v) is 4.56. The summed E-state index contributed by atoms with van der Waals surface area (Å²) in [6.45, 7) is 2.62. The number of hydrogen-bond acceptors (Lipinski definition) is 3. The smallest absolute Gasteiger partial charge is 0.336 e. The van der Waals surface area contributed by atoms with E-state index in [4.69, 9.17) is 10.1 Å². The predicted molar refractivity (Wildman–Crippen MR) is 130 cm³/mol. The monoisotopic (exact) mass is 441 g/mol. The van der Waals surface area contributed by atoms with Crippen molar-refractivity contribution in [3.05, 3.63) is 71.3 Å². The van der Waals surface area contributed by atoms with Gasteiger partial charge in [0.1, 0.15) is 0 Å². The number of rotatable bonds is 7. The number of aryl methyl sites for hydroxylation is 1. The van der Waals surface area contributed by atoms with E-state index in [1.54, 1.807) is 12.1 Å². The molecule has 0 bridgehead atoms. The molecule has 3 aromatic rings. The standard InChI is InChI=1S/C28H31N3O2/c1-2-3-13-27-29-26(19-16-21-9-5-4-6-10-21)30-31(27)20-22-14-17-23(18-15-22)24-11-7-8-12-25(24)28(32)33/h7-8,11-12,14-15,17-18,21H,2,4-6,9-10,16,19-20H2,1H3,(H,32,33). The van der Waals surface area contributed by atoms with E-state index in [0.29, 0.717) is 12.1 Å². The van der Waals surface area contributed by atoms with Crippen molar-refractivity contribution in [2.45, 2.75) is 64.8 Å². The molecule has 0 spiro atoms. The molecular weight excluding hydrogens is 410 g/mol. The number of hydrogen-bond donors (Lipinski definition) is 1. The van der Waals surface area contributed by atoms with Crippen LogP contribution in [0.1, 0.15) is 79.4 Å². The molecule has 2 aromatic carbocycles. The number of carboxylic acids is 1. The van der Waals surface area contributed by atoms with Crippen LogP contribution >= 0.6 is 0 Å². The van der Waals surface area contributed by atoms with Crippen LogP contribution in [0.2, 0.25) is 0 Å². The number of nitrogens with zero attached hydrogens (tertiary/aromatic N) is 3. The molecule has 0 atom stereocenters. The third kappa shape index (κ3) is 5.90. The summed E-state index contributed by atoms with van der Waals surface area (Å²) in [5, 5.41) is 14.3. The summed E-state index contributed by atoms with van der Waals surface area (Å²) in [5.74, 6) is 7.79. The minimum Gasteiger partial charge on any atom is -0.478 e. The number of benzene rings is 2. The summed E-state index contributed by atoms with van der Waals surface area (Å²) >= 11 is 0. The molecule has 4 rings (SSSR count). The minimum atomic E-state index is -0.919. The summed E-state index contributed by atoms with van der Waals surface area (Å²) in [5.41, 5.74) is 2.99. The maximum Gasteiger partial charge on any atom is 0.336 e. The molecule has 170 valence electrons. The zero-order valence-electron chi connectivity index (χ0n) is 19.3. The van der Waals surface area contributed by atoms with Gasteiger partial charge in [0, 0.05) is 12.8 Å². The topological polar surface area (TPSA) is 68.0 Å². The van der Waals surface area contributed by atoms with Crippen LogP contribution in [0, 0.1) is 17.8 Å². The molecule has 1 saturated carbocycles.